The number of nitrogens with one attached hydrogen (secondary N) is 1. The zero-order chi connectivity index (χ0) is 23.9. The highest BCUT2D eigenvalue weighted by Crippen LogP contribution is 2.44. The number of fused-ring (bicyclic) bond motifs is 3. The number of carboxylic acids is 1. The van der Waals surface area contributed by atoms with Gasteiger partial charge < -0.3 is 20.1 Å². The van der Waals surface area contributed by atoms with Crippen LogP contribution in [-0.2, 0) is 14.3 Å². The van der Waals surface area contributed by atoms with Crippen molar-refractivity contribution in [3.05, 3.63) is 59.7 Å². The molecule has 2 N–H and O–H groups in total. The molecule has 3 aliphatic rings. The number of benzene rings is 2. The molecule has 0 saturated heterocycles. The summed E-state index contributed by atoms with van der Waals surface area (Å²) in [5.41, 5.74) is 3.45. The summed E-state index contributed by atoms with van der Waals surface area (Å²) in [6, 6.07) is 15.3. The van der Waals surface area contributed by atoms with E-state index < -0.39 is 23.6 Å². The van der Waals surface area contributed by atoms with Crippen molar-refractivity contribution in [1.29, 1.82) is 0 Å². The molecule has 0 aromatic heterocycles. The Bertz CT molecular complexity index is 1070. The molecule has 7 heteroatoms. The van der Waals surface area contributed by atoms with Crippen LogP contribution in [0.1, 0.15) is 62.5 Å². The lowest BCUT2D eigenvalue weighted by molar-refractivity contribution is -0.153. The van der Waals surface area contributed by atoms with E-state index in [-0.39, 0.29) is 24.5 Å². The van der Waals surface area contributed by atoms with Crippen LogP contribution in [0, 0.1) is 0 Å². The van der Waals surface area contributed by atoms with Gasteiger partial charge in [0.15, 0.2) is 0 Å². The van der Waals surface area contributed by atoms with Gasteiger partial charge in [-0.3, -0.25) is 4.79 Å². The van der Waals surface area contributed by atoms with E-state index in [0.717, 1.165) is 47.9 Å². The minimum absolute atomic E-state index is 0.0663. The molecule has 2 saturated carbocycles. The molecule has 1 atom stereocenters. The largest absolute Gasteiger partial charge is 0.480 e. The molecule has 5 rings (SSSR count). The molecule has 0 aliphatic heterocycles. The molecule has 2 amide bonds. The van der Waals surface area contributed by atoms with Gasteiger partial charge in [0.2, 0.25) is 5.91 Å². The normalized spacial score (nSPS) is 19.1. The predicted molar refractivity (Wildman–Crippen MR) is 126 cm³/mol. The van der Waals surface area contributed by atoms with Crippen molar-refractivity contribution in [3.63, 3.8) is 0 Å². The summed E-state index contributed by atoms with van der Waals surface area (Å²) in [5, 5.41) is 12.4. The molecular weight excluding hydrogens is 432 g/mol. The minimum atomic E-state index is -1.10. The number of hydrogen-bond donors (Lipinski definition) is 2. The van der Waals surface area contributed by atoms with Gasteiger partial charge in [-0.1, -0.05) is 61.4 Å². The van der Waals surface area contributed by atoms with E-state index in [0.29, 0.717) is 12.8 Å². The number of rotatable bonds is 7. The second-order valence-electron chi connectivity index (χ2n) is 9.70. The van der Waals surface area contributed by atoms with Crippen LogP contribution in [0.4, 0.5) is 4.79 Å². The zero-order valence-corrected chi connectivity index (χ0v) is 19.3. The van der Waals surface area contributed by atoms with E-state index in [1.54, 1.807) is 0 Å². The van der Waals surface area contributed by atoms with E-state index in [2.05, 4.69) is 29.6 Å². The average Bonchev–Trinajstić information content (AvgIpc) is 3.46. The first-order valence-corrected chi connectivity index (χ1v) is 12.1. The van der Waals surface area contributed by atoms with Crippen LogP contribution < -0.4 is 5.32 Å². The first-order chi connectivity index (χ1) is 16.4. The van der Waals surface area contributed by atoms with Crippen molar-refractivity contribution in [2.45, 2.75) is 69.0 Å². The number of carbonyl (C=O) groups is 3. The number of carboxylic acid groups (broad SMARTS) is 1. The fourth-order valence-electron chi connectivity index (χ4n) is 5.58. The lowest BCUT2D eigenvalue weighted by Gasteiger charge is -2.37. The Labute approximate surface area is 199 Å². The Kier molecular flexibility index (Phi) is 5.80. The van der Waals surface area contributed by atoms with Gasteiger partial charge in [-0.25, -0.2) is 9.59 Å². The second-order valence-corrected chi connectivity index (χ2v) is 9.70. The topological polar surface area (TPSA) is 95.9 Å². The Balaban J connectivity index is 1.31. The van der Waals surface area contributed by atoms with Gasteiger partial charge in [-0.05, 0) is 54.9 Å². The van der Waals surface area contributed by atoms with Gasteiger partial charge >= 0.3 is 12.1 Å². The van der Waals surface area contributed by atoms with E-state index in [1.807, 2.05) is 24.3 Å². The highest BCUT2D eigenvalue weighted by Gasteiger charge is 2.50. The lowest BCUT2D eigenvalue weighted by atomic mass is 9.94. The standard InChI is InChI=1S/C27H30N2O5/c1-17(24(30)31)29(18-12-13-18)25(32)27(14-6-7-15-27)28-26(33)34-16-23-21-10-4-2-8-19(21)20-9-3-5-11-22(20)23/h2-5,8-11,17-18,23H,6-7,12-16H2,1H3,(H,28,33)(H,30,31). The van der Waals surface area contributed by atoms with Crippen LogP contribution >= 0.6 is 0 Å². The Morgan fingerprint density at radius 1 is 1.03 bits per heavy atom. The summed E-state index contributed by atoms with van der Waals surface area (Å²) < 4.78 is 5.70. The smallest absolute Gasteiger partial charge is 0.408 e. The molecular formula is C27H30N2O5. The fourth-order valence-corrected chi connectivity index (χ4v) is 5.58. The average molecular weight is 463 g/mol. The number of carbonyl (C=O) groups excluding carboxylic acids is 2. The number of aliphatic carboxylic acids is 1. The van der Waals surface area contributed by atoms with Gasteiger partial charge in [0, 0.05) is 12.0 Å². The zero-order valence-electron chi connectivity index (χ0n) is 19.3. The van der Waals surface area contributed by atoms with Gasteiger partial charge in [0.05, 0.1) is 0 Å². The fraction of sp³-hybridized carbons (Fsp3) is 0.444. The van der Waals surface area contributed by atoms with Gasteiger partial charge in [-0.15, -0.1) is 0 Å². The summed E-state index contributed by atoms with van der Waals surface area (Å²) >= 11 is 0. The Hall–Kier alpha value is -3.35. The van der Waals surface area contributed by atoms with Gasteiger partial charge in [0.25, 0.3) is 0 Å². The molecule has 2 aromatic carbocycles. The third-order valence-electron chi connectivity index (χ3n) is 7.50. The minimum Gasteiger partial charge on any atom is -0.480 e. The van der Waals surface area contributed by atoms with E-state index in [1.165, 1.54) is 11.8 Å². The maximum Gasteiger partial charge on any atom is 0.408 e. The number of hydrogen-bond acceptors (Lipinski definition) is 4. The highest BCUT2D eigenvalue weighted by molar-refractivity contribution is 5.93. The Morgan fingerprint density at radius 3 is 2.12 bits per heavy atom. The molecule has 1 unspecified atom stereocenters. The summed E-state index contributed by atoms with van der Waals surface area (Å²) in [7, 11) is 0. The monoisotopic (exact) mass is 462 g/mol. The maximum absolute atomic E-state index is 13.6. The van der Waals surface area contributed by atoms with E-state index in [4.69, 9.17) is 4.74 Å². The van der Waals surface area contributed by atoms with Crippen molar-refractivity contribution in [2.24, 2.45) is 0 Å². The summed E-state index contributed by atoms with van der Waals surface area (Å²) in [6.45, 7) is 1.70. The van der Waals surface area contributed by atoms with Crippen molar-refractivity contribution in [2.75, 3.05) is 6.61 Å². The molecule has 178 valence electrons. The second kappa shape index (κ2) is 8.78. The van der Waals surface area contributed by atoms with Crippen molar-refractivity contribution >= 4 is 18.0 Å². The molecule has 0 spiro atoms. The van der Waals surface area contributed by atoms with Gasteiger partial charge in [0.1, 0.15) is 18.2 Å². The lowest BCUT2D eigenvalue weighted by Crippen LogP contribution is -2.61. The molecule has 7 nitrogen and oxygen atoms in total. The van der Waals surface area contributed by atoms with Crippen LogP contribution in [-0.4, -0.2) is 52.2 Å². The first kappa shape index (κ1) is 22.4. The summed E-state index contributed by atoms with van der Waals surface area (Å²) in [4.78, 5) is 39.7. The third-order valence-corrected chi connectivity index (χ3v) is 7.50. The highest BCUT2D eigenvalue weighted by atomic mass is 16.5. The Morgan fingerprint density at radius 2 is 1.59 bits per heavy atom. The number of amides is 2. The number of alkyl carbamates (subject to hydrolysis) is 1. The third kappa shape index (κ3) is 3.93. The summed E-state index contributed by atoms with van der Waals surface area (Å²) in [6.07, 6.45) is 3.55. The SMILES string of the molecule is CC(C(=O)O)N(C(=O)C1(NC(=O)OCC2c3ccccc3-c3ccccc32)CCCC1)C1CC1. The molecule has 0 radical (unpaired) electrons. The number of ether oxygens (including phenoxy) is 1. The molecule has 0 heterocycles. The predicted octanol–water partition coefficient (Wildman–Crippen LogP) is 4.30. The maximum atomic E-state index is 13.6. The van der Waals surface area contributed by atoms with Crippen LogP contribution in [0.25, 0.3) is 11.1 Å². The molecule has 2 fully saturated rings. The van der Waals surface area contributed by atoms with Crippen molar-refractivity contribution in [1.82, 2.24) is 10.2 Å². The van der Waals surface area contributed by atoms with Crippen LogP contribution in [0.3, 0.4) is 0 Å². The van der Waals surface area contributed by atoms with E-state index >= 15 is 0 Å². The molecule has 3 aliphatic carbocycles. The van der Waals surface area contributed by atoms with Crippen LogP contribution in [0.2, 0.25) is 0 Å². The van der Waals surface area contributed by atoms with Crippen LogP contribution in [0.15, 0.2) is 48.5 Å². The summed E-state index contributed by atoms with van der Waals surface area (Å²) in [5.74, 6) is -1.39. The van der Waals surface area contributed by atoms with Gasteiger partial charge in [-0.2, -0.15) is 0 Å². The van der Waals surface area contributed by atoms with Crippen LogP contribution in [0.5, 0.6) is 0 Å². The number of nitrogens with zero attached hydrogens (tertiary/aromatic N) is 1. The molecule has 2 aromatic rings. The molecule has 0 bridgehead atoms. The molecule has 34 heavy (non-hydrogen) atoms. The quantitative estimate of drug-likeness (QED) is 0.640. The first-order valence-electron chi connectivity index (χ1n) is 12.1. The van der Waals surface area contributed by atoms with Crippen molar-refractivity contribution in [3.8, 4) is 11.1 Å². The van der Waals surface area contributed by atoms with Crippen molar-refractivity contribution < 1.29 is 24.2 Å². The van der Waals surface area contributed by atoms with E-state index in [9.17, 15) is 19.5 Å².